The predicted octanol–water partition coefficient (Wildman–Crippen LogP) is 1.78. The molecule has 3 fully saturated rings. The number of rotatable bonds is 2. The maximum atomic E-state index is 11.9. The predicted molar refractivity (Wildman–Crippen MR) is 61.1 cm³/mol. The Hall–Kier alpha value is -0.830. The molecular weight excluding hydrogens is 216 g/mol. The van der Waals surface area contributed by atoms with E-state index >= 15 is 0 Å². The van der Waals surface area contributed by atoms with E-state index in [1.807, 2.05) is 6.92 Å². The quantitative estimate of drug-likeness (QED) is 0.539. The second-order valence-corrected chi connectivity index (χ2v) is 5.84. The van der Waals surface area contributed by atoms with Crippen molar-refractivity contribution >= 4 is 5.97 Å². The first-order valence-corrected chi connectivity index (χ1v) is 6.80. The monoisotopic (exact) mass is 234 g/mol. The van der Waals surface area contributed by atoms with Crippen LogP contribution in [0.1, 0.15) is 19.8 Å². The number of hydrogen-bond donors (Lipinski definition) is 0. The summed E-state index contributed by atoms with van der Waals surface area (Å²) in [6.07, 6.45) is 7.36. The summed E-state index contributed by atoms with van der Waals surface area (Å²) in [4.78, 5) is 11.9. The molecule has 3 nitrogen and oxygen atoms in total. The van der Waals surface area contributed by atoms with Crippen LogP contribution in [-0.4, -0.2) is 24.8 Å². The number of esters is 1. The number of carbonyl (C=O) groups is 1. The Morgan fingerprint density at radius 3 is 2.82 bits per heavy atom. The Balaban J connectivity index is 1.59. The maximum absolute atomic E-state index is 11.9. The lowest BCUT2D eigenvalue weighted by molar-refractivity contribution is -0.150. The van der Waals surface area contributed by atoms with E-state index in [1.54, 1.807) is 0 Å². The van der Waals surface area contributed by atoms with Gasteiger partial charge in [-0.25, -0.2) is 0 Å². The Labute approximate surface area is 101 Å². The smallest absolute Gasteiger partial charge is 0.311 e. The van der Waals surface area contributed by atoms with Crippen LogP contribution in [0, 0.1) is 29.6 Å². The lowest BCUT2D eigenvalue weighted by atomic mass is 9.69. The summed E-state index contributed by atoms with van der Waals surface area (Å²) in [5.74, 6) is 2.65. The van der Waals surface area contributed by atoms with Crippen molar-refractivity contribution in [1.29, 1.82) is 0 Å². The number of ether oxygens (including phenoxy) is 2. The summed E-state index contributed by atoms with van der Waals surface area (Å²) in [6.45, 7) is 2.35. The van der Waals surface area contributed by atoms with E-state index in [-0.39, 0.29) is 18.0 Å². The minimum atomic E-state index is -0.0368. The van der Waals surface area contributed by atoms with Gasteiger partial charge in [-0.15, -0.1) is 0 Å². The Kier molecular flexibility index (Phi) is 1.99. The average Bonchev–Trinajstić information content (AvgIpc) is 3.07. The second kappa shape index (κ2) is 3.35. The van der Waals surface area contributed by atoms with E-state index in [9.17, 15) is 4.79 Å². The van der Waals surface area contributed by atoms with E-state index < -0.39 is 0 Å². The van der Waals surface area contributed by atoms with Crippen molar-refractivity contribution in [3.8, 4) is 0 Å². The number of carbonyl (C=O) groups excluding carboxylic acids is 1. The molecule has 4 aliphatic rings. The molecule has 0 spiro atoms. The van der Waals surface area contributed by atoms with Crippen molar-refractivity contribution in [3.63, 3.8) is 0 Å². The zero-order valence-corrected chi connectivity index (χ0v) is 10.0. The van der Waals surface area contributed by atoms with Crippen molar-refractivity contribution in [2.24, 2.45) is 29.6 Å². The fourth-order valence-electron chi connectivity index (χ4n) is 4.71. The average molecular weight is 234 g/mol. The highest BCUT2D eigenvalue weighted by Gasteiger charge is 2.63. The molecule has 0 amide bonds. The molecule has 0 N–H and O–H groups in total. The molecule has 2 saturated heterocycles. The molecule has 2 aliphatic heterocycles. The van der Waals surface area contributed by atoms with Crippen LogP contribution in [0.3, 0.4) is 0 Å². The van der Waals surface area contributed by atoms with Crippen LogP contribution in [-0.2, 0) is 14.3 Å². The fraction of sp³-hybridized carbons (Fsp3) is 0.786. The molecule has 17 heavy (non-hydrogen) atoms. The molecule has 4 rings (SSSR count). The van der Waals surface area contributed by atoms with Crippen molar-refractivity contribution in [3.05, 3.63) is 12.2 Å². The van der Waals surface area contributed by atoms with E-state index in [1.165, 1.54) is 6.42 Å². The summed E-state index contributed by atoms with van der Waals surface area (Å²) in [6, 6.07) is 0. The van der Waals surface area contributed by atoms with E-state index in [2.05, 4.69) is 12.2 Å². The number of allylic oxidation sites excluding steroid dienone is 2. The van der Waals surface area contributed by atoms with Crippen LogP contribution in [0.4, 0.5) is 0 Å². The first-order valence-electron chi connectivity index (χ1n) is 6.80. The van der Waals surface area contributed by atoms with Gasteiger partial charge in [0, 0.05) is 0 Å². The van der Waals surface area contributed by atoms with Gasteiger partial charge in [-0.1, -0.05) is 12.2 Å². The van der Waals surface area contributed by atoms with Crippen LogP contribution in [0.5, 0.6) is 0 Å². The number of fused-ring (bicyclic) bond motifs is 9. The van der Waals surface area contributed by atoms with Gasteiger partial charge in [0.05, 0.1) is 24.7 Å². The standard InChI is InChI=1S/C14H18O3/c1-2-16-14(15)9-6-10-11-7-3-4-8(5-7)12(11)13(9)17-10/h3-4,7-13H,2,5-6H2,1H3. The first-order chi connectivity index (χ1) is 8.29. The second-order valence-electron chi connectivity index (χ2n) is 5.84. The normalized spacial score (nSPS) is 53.1. The van der Waals surface area contributed by atoms with Crippen molar-refractivity contribution in [2.45, 2.75) is 32.0 Å². The van der Waals surface area contributed by atoms with Crippen LogP contribution < -0.4 is 0 Å². The van der Waals surface area contributed by atoms with Gasteiger partial charge >= 0.3 is 5.97 Å². The van der Waals surface area contributed by atoms with Crippen LogP contribution >= 0.6 is 0 Å². The van der Waals surface area contributed by atoms with Gasteiger partial charge in [0.1, 0.15) is 0 Å². The molecule has 3 heteroatoms. The topological polar surface area (TPSA) is 35.5 Å². The molecule has 2 heterocycles. The van der Waals surface area contributed by atoms with Gasteiger partial charge in [-0.2, -0.15) is 0 Å². The summed E-state index contributed by atoms with van der Waals surface area (Å²) in [7, 11) is 0. The largest absolute Gasteiger partial charge is 0.466 e. The van der Waals surface area contributed by atoms with Crippen molar-refractivity contribution < 1.29 is 14.3 Å². The lowest BCUT2D eigenvalue weighted by Gasteiger charge is -2.32. The van der Waals surface area contributed by atoms with Gasteiger partial charge < -0.3 is 9.47 Å². The molecule has 7 atom stereocenters. The van der Waals surface area contributed by atoms with E-state index in [0.717, 1.165) is 12.3 Å². The highest BCUT2D eigenvalue weighted by Crippen LogP contribution is 2.61. The molecule has 0 radical (unpaired) electrons. The fourth-order valence-corrected chi connectivity index (χ4v) is 4.71. The van der Waals surface area contributed by atoms with Gasteiger partial charge in [0.15, 0.2) is 0 Å². The molecule has 1 saturated carbocycles. The zero-order valence-electron chi connectivity index (χ0n) is 10.0. The van der Waals surface area contributed by atoms with Crippen molar-refractivity contribution in [1.82, 2.24) is 0 Å². The third kappa shape index (κ3) is 1.18. The highest BCUT2D eigenvalue weighted by molar-refractivity contribution is 5.74. The molecule has 4 bridgehead atoms. The van der Waals surface area contributed by atoms with Crippen LogP contribution in [0.25, 0.3) is 0 Å². The molecule has 0 aromatic carbocycles. The van der Waals surface area contributed by atoms with Gasteiger partial charge in [0.25, 0.3) is 0 Å². The van der Waals surface area contributed by atoms with Crippen LogP contribution in [0.2, 0.25) is 0 Å². The molecule has 2 aliphatic carbocycles. The van der Waals surface area contributed by atoms with Crippen molar-refractivity contribution in [2.75, 3.05) is 6.61 Å². The van der Waals surface area contributed by atoms with Crippen LogP contribution in [0.15, 0.2) is 12.2 Å². The van der Waals surface area contributed by atoms with E-state index in [0.29, 0.717) is 30.5 Å². The Bertz CT molecular complexity index is 389. The molecule has 7 unspecified atom stereocenters. The third-order valence-electron chi connectivity index (χ3n) is 5.20. The highest BCUT2D eigenvalue weighted by atomic mass is 16.5. The molecular formula is C14H18O3. The Morgan fingerprint density at radius 2 is 2.06 bits per heavy atom. The maximum Gasteiger partial charge on any atom is 0.311 e. The third-order valence-corrected chi connectivity index (χ3v) is 5.20. The van der Waals surface area contributed by atoms with Gasteiger partial charge in [-0.05, 0) is 43.4 Å². The SMILES string of the molecule is CCOC(=O)C1CC2OC1C1C3C=CC(C3)C21. The van der Waals surface area contributed by atoms with Gasteiger partial charge in [-0.3, -0.25) is 4.79 Å². The number of hydrogen-bond acceptors (Lipinski definition) is 3. The van der Waals surface area contributed by atoms with E-state index in [4.69, 9.17) is 9.47 Å². The minimum Gasteiger partial charge on any atom is -0.466 e. The minimum absolute atomic E-state index is 0.00829. The first kappa shape index (κ1) is 10.1. The summed E-state index contributed by atoms with van der Waals surface area (Å²) >= 11 is 0. The lowest BCUT2D eigenvalue weighted by Crippen LogP contribution is -2.39. The summed E-state index contributed by atoms with van der Waals surface area (Å²) in [5, 5.41) is 0. The zero-order chi connectivity index (χ0) is 11.6. The molecule has 92 valence electrons. The molecule has 0 aromatic rings. The Morgan fingerprint density at radius 1 is 1.29 bits per heavy atom. The summed E-state index contributed by atoms with van der Waals surface area (Å²) in [5.41, 5.74) is 0. The molecule has 0 aromatic heterocycles. The summed E-state index contributed by atoms with van der Waals surface area (Å²) < 4.78 is 11.2. The van der Waals surface area contributed by atoms with Gasteiger partial charge in [0.2, 0.25) is 0 Å².